The van der Waals surface area contributed by atoms with E-state index in [1.54, 1.807) is 0 Å². The van der Waals surface area contributed by atoms with Crippen LogP contribution in [-0.2, 0) is 0 Å². The summed E-state index contributed by atoms with van der Waals surface area (Å²) in [6, 6.07) is 6.17. The highest BCUT2D eigenvalue weighted by atomic mass is 16.5. The summed E-state index contributed by atoms with van der Waals surface area (Å²) in [6.45, 7) is 4.18. The van der Waals surface area contributed by atoms with E-state index in [9.17, 15) is 0 Å². The van der Waals surface area contributed by atoms with Gasteiger partial charge in [0.25, 0.3) is 0 Å². The molecule has 0 bridgehead atoms. The molecular weight excluding hydrogens is 188 g/mol. The number of aliphatic hydroxyl groups excluding tert-OH is 1. The van der Waals surface area contributed by atoms with Crippen LogP contribution >= 0.6 is 0 Å². The Balaban J connectivity index is 2.25. The zero-order valence-corrected chi connectivity index (χ0v) is 9.10. The molecule has 0 aliphatic carbocycles. The van der Waals surface area contributed by atoms with E-state index in [4.69, 9.17) is 9.84 Å². The van der Waals surface area contributed by atoms with Crippen LogP contribution in [0, 0.1) is 12.8 Å². The van der Waals surface area contributed by atoms with Crippen molar-refractivity contribution in [2.24, 2.45) is 5.92 Å². The van der Waals surface area contributed by atoms with Crippen molar-refractivity contribution in [2.75, 3.05) is 6.61 Å². The van der Waals surface area contributed by atoms with Crippen LogP contribution in [0.1, 0.15) is 18.1 Å². The van der Waals surface area contributed by atoms with Crippen LogP contribution in [0.4, 0.5) is 0 Å². The largest absolute Gasteiger partial charge is 0.485 e. The lowest BCUT2D eigenvalue weighted by Gasteiger charge is -2.25. The molecule has 1 aromatic rings. The molecule has 0 amide bonds. The topological polar surface area (TPSA) is 29.5 Å². The van der Waals surface area contributed by atoms with Gasteiger partial charge in [0.2, 0.25) is 0 Å². The van der Waals surface area contributed by atoms with E-state index in [0.717, 1.165) is 11.3 Å². The standard InChI is InChI=1S/C13H16O2/c1-9-3-4-11-5-6-12(10(2)8-14)15-13(11)7-9/h3-7,10,12,14H,8H2,1-2H3/t10-,12+/m0/s1. The SMILES string of the molecule is Cc1ccc2c(c1)O[C@@H]([C@@H](C)CO)C=C2. The molecule has 2 nitrogen and oxygen atoms in total. The van der Waals surface area contributed by atoms with Crippen LogP contribution in [0.5, 0.6) is 5.75 Å². The fraction of sp³-hybridized carbons (Fsp3) is 0.385. The molecule has 0 radical (unpaired) electrons. The summed E-state index contributed by atoms with van der Waals surface area (Å²) in [5, 5.41) is 9.08. The molecule has 80 valence electrons. The van der Waals surface area contributed by atoms with Crippen molar-refractivity contribution >= 4 is 6.08 Å². The smallest absolute Gasteiger partial charge is 0.127 e. The molecule has 0 unspecified atom stereocenters. The van der Waals surface area contributed by atoms with Crippen molar-refractivity contribution in [1.29, 1.82) is 0 Å². The average Bonchev–Trinajstić information content (AvgIpc) is 2.27. The monoisotopic (exact) mass is 204 g/mol. The molecule has 1 aliphatic heterocycles. The van der Waals surface area contributed by atoms with Crippen LogP contribution in [0.2, 0.25) is 0 Å². The van der Waals surface area contributed by atoms with Crippen molar-refractivity contribution in [3.8, 4) is 5.75 Å². The predicted octanol–water partition coefficient (Wildman–Crippen LogP) is 2.40. The van der Waals surface area contributed by atoms with E-state index < -0.39 is 0 Å². The molecule has 0 fully saturated rings. The molecule has 2 heteroatoms. The van der Waals surface area contributed by atoms with Gasteiger partial charge in [0, 0.05) is 18.1 Å². The first kappa shape index (κ1) is 10.2. The zero-order valence-electron chi connectivity index (χ0n) is 9.10. The van der Waals surface area contributed by atoms with Crippen LogP contribution in [0.15, 0.2) is 24.3 Å². The quantitative estimate of drug-likeness (QED) is 0.801. The third-order valence-corrected chi connectivity index (χ3v) is 2.75. The second-order valence-electron chi connectivity index (χ2n) is 4.14. The lowest BCUT2D eigenvalue weighted by Crippen LogP contribution is -2.27. The zero-order chi connectivity index (χ0) is 10.8. The highest BCUT2D eigenvalue weighted by molar-refractivity contribution is 5.60. The van der Waals surface area contributed by atoms with E-state index in [2.05, 4.69) is 18.2 Å². The molecule has 15 heavy (non-hydrogen) atoms. The Bertz CT molecular complexity index is 382. The number of aryl methyl sites for hydroxylation is 1. The lowest BCUT2D eigenvalue weighted by atomic mass is 10.0. The fourth-order valence-corrected chi connectivity index (χ4v) is 1.68. The van der Waals surface area contributed by atoms with Crippen LogP contribution in [0.3, 0.4) is 0 Å². The van der Waals surface area contributed by atoms with Gasteiger partial charge in [0.05, 0.1) is 0 Å². The molecule has 1 aliphatic rings. The van der Waals surface area contributed by atoms with Crippen molar-refractivity contribution in [1.82, 2.24) is 0 Å². The van der Waals surface area contributed by atoms with Gasteiger partial charge in [-0.25, -0.2) is 0 Å². The summed E-state index contributed by atoms with van der Waals surface area (Å²) in [5.41, 5.74) is 2.31. The second-order valence-corrected chi connectivity index (χ2v) is 4.14. The van der Waals surface area contributed by atoms with Crippen LogP contribution in [0.25, 0.3) is 6.08 Å². The summed E-state index contributed by atoms with van der Waals surface area (Å²) >= 11 is 0. The molecule has 0 saturated carbocycles. The predicted molar refractivity (Wildman–Crippen MR) is 60.9 cm³/mol. The van der Waals surface area contributed by atoms with Crippen molar-refractivity contribution < 1.29 is 9.84 Å². The summed E-state index contributed by atoms with van der Waals surface area (Å²) < 4.78 is 5.82. The summed E-state index contributed by atoms with van der Waals surface area (Å²) in [4.78, 5) is 0. The number of rotatable bonds is 2. The Morgan fingerprint density at radius 3 is 3.00 bits per heavy atom. The molecule has 0 aromatic heterocycles. The Labute approximate surface area is 90.2 Å². The van der Waals surface area contributed by atoms with Gasteiger partial charge in [-0.15, -0.1) is 0 Å². The minimum atomic E-state index is -0.00991. The van der Waals surface area contributed by atoms with Gasteiger partial charge in [-0.2, -0.15) is 0 Å². The minimum absolute atomic E-state index is 0.00991. The van der Waals surface area contributed by atoms with Crippen molar-refractivity contribution in [3.63, 3.8) is 0 Å². The molecule has 2 atom stereocenters. The van der Waals surface area contributed by atoms with Crippen molar-refractivity contribution in [3.05, 3.63) is 35.4 Å². The Kier molecular flexibility index (Phi) is 2.78. The van der Waals surface area contributed by atoms with Gasteiger partial charge in [0.15, 0.2) is 0 Å². The number of aliphatic hydroxyl groups is 1. The normalized spacial score (nSPS) is 20.6. The first-order chi connectivity index (χ1) is 7.20. The number of ether oxygens (including phenoxy) is 1. The fourth-order valence-electron chi connectivity index (χ4n) is 1.68. The number of hydrogen-bond donors (Lipinski definition) is 1. The number of fused-ring (bicyclic) bond motifs is 1. The first-order valence-corrected chi connectivity index (χ1v) is 5.27. The maximum absolute atomic E-state index is 9.08. The molecule has 1 heterocycles. The van der Waals surface area contributed by atoms with E-state index >= 15 is 0 Å². The number of hydrogen-bond acceptors (Lipinski definition) is 2. The molecule has 0 spiro atoms. The Morgan fingerprint density at radius 1 is 1.47 bits per heavy atom. The van der Waals surface area contributed by atoms with Gasteiger partial charge < -0.3 is 9.84 Å². The highest BCUT2D eigenvalue weighted by Gasteiger charge is 2.19. The third-order valence-electron chi connectivity index (χ3n) is 2.75. The second kappa shape index (κ2) is 4.07. The van der Waals surface area contributed by atoms with Gasteiger partial charge >= 0.3 is 0 Å². The van der Waals surface area contributed by atoms with Gasteiger partial charge in [-0.1, -0.05) is 25.1 Å². The van der Waals surface area contributed by atoms with Gasteiger partial charge in [0.1, 0.15) is 11.9 Å². The highest BCUT2D eigenvalue weighted by Crippen LogP contribution is 2.29. The Hall–Kier alpha value is -1.28. The van der Waals surface area contributed by atoms with E-state index in [1.165, 1.54) is 5.56 Å². The summed E-state index contributed by atoms with van der Waals surface area (Å²) in [5.74, 6) is 1.05. The maximum Gasteiger partial charge on any atom is 0.127 e. The molecule has 1 aromatic carbocycles. The first-order valence-electron chi connectivity index (χ1n) is 5.27. The van der Waals surface area contributed by atoms with Gasteiger partial charge in [-0.05, 0) is 24.6 Å². The maximum atomic E-state index is 9.08. The van der Waals surface area contributed by atoms with Crippen molar-refractivity contribution in [2.45, 2.75) is 20.0 Å². The number of benzene rings is 1. The molecule has 1 N–H and O–H groups in total. The molecular formula is C13H16O2. The summed E-state index contributed by atoms with van der Waals surface area (Å²) in [7, 11) is 0. The van der Waals surface area contributed by atoms with E-state index in [0.29, 0.717) is 0 Å². The van der Waals surface area contributed by atoms with E-state index in [-0.39, 0.29) is 18.6 Å². The van der Waals surface area contributed by atoms with Crippen LogP contribution in [-0.4, -0.2) is 17.8 Å². The summed E-state index contributed by atoms with van der Waals surface area (Å²) in [6.07, 6.45) is 4.07. The molecule has 0 saturated heterocycles. The third kappa shape index (κ3) is 2.05. The average molecular weight is 204 g/mol. The lowest BCUT2D eigenvalue weighted by molar-refractivity contribution is 0.127. The molecule has 2 rings (SSSR count). The minimum Gasteiger partial charge on any atom is -0.485 e. The van der Waals surface area contributed by atoms with E-state index in [1.807, 2.05) is 26.0 Å². The van der Waals surface area contributed by atoms with Gasteiger partial charge in [-0.3, -0.25) is 0 Å². The Morgan fingerprint density at radius 2 is 2.27 bits per heavy atom. The van der Waals surface area contributed by atoms with Crippen LogP contribution < -0.4 is 4.74 Å².